The van der Waals surface area contributed by atoms with E-state index in [4.69, 9.17) is 0 Å². The minimum absolute atomic E-state index is 0.716. The first-order chi connectivity index (χ1) is 5.22. The third-order valence-corrected chi connectivity index (χ3v) is 2.30. The molecule has 0 aromatic carbocycles. The molecule has 0 aliphatic rings. The molecule has 0 saturated heterocycles. The van der Waals surface area contributed by atoms with Crippen LogP contribution in [-0.4, -0.2) is 13.6 Å². The van der Waals surface area contributed by atoms with Gasteiger partial charge in [-0.15, -0.1) is 0 Å². The molecule has 11 heavy (non-hydrogen) atoms. The van der Waals surface area contributed by atoms with Crippen LogP contribution in [0.4, 0.5) is 0 Å². The molecule has 0 rings (SSSR count). The van der Waals surface area contributed by atoms with Crippen LogP contribution in [0.2, 0.25) is 0 Å². The monoisotopic (exact) mass is 155 g/mol. The van der Waals surface area contributed by atoms with Crippen molar-refractivity contribution in [1.29, 1.82) is 0 Å². The summed E-state index contributed by atoms with van der Waals surface area (Å²) in [5.74, 6) is 1.52. The lowest BCUT2D eigenvalue weighted by atomic mass is 9.93. The van der Waals surface area contributed by atoms with Crippen molar-refractivity contribution in [2.45, 2.75) is 27.2 Å². The van der Waals surface area contributed by atoms with Gasteiger partial charge >= 0.3 is 0 Å². The van der Waals surface area contributed by atoms with Gasteiger partial charge < -0.3 is 5.32 Å². The van der Waals surface area contributed by atoms with Crippen LogP contribution in [0.1, 0.15) is 27.2 Å². The molecule has 0 aromatic heterocycles. The van der Waals surface area contributed by atoms with Crippen LogP contribution in [0.5, 0.6) is 0 Å². The van der Waals surface area contributed by atoms with Crippen molar-refractivity contribution < 1.29 is 0 Å². The fourth-order valence-corrected chi connectivity index (χ4v) is 0.962. The molecule has 0 amide bonds. The van der Waals surface area contributed by atoms with Crippen molar-refractivity contribution in [3.63, 3.8) is 0 Å². The predicted octanol–water partition coefficient (Wildman–Crippen LogP) is 2.44. The summed E-state index contributed by atoms with van der Waals surface area (Å²) in [6.45, 7) is 7.81. The molecule has 66 valence electrons. The normalized spacial score (nSPS) is 17.1. The van der Waals surface area contributed by atoms with E-state index >= 15 is 0 Å². The van der Waals surface area contributed by atoms with E-state index < -0.39 is 0 Å². The Hall–Kier alpha value is -0.300. The number of allylic oxidation sites excluding steroid dienone is 1. The maximum absolute atomic E-state index is 3.09. The standard InChI is InChI=1S/C10H21N/c1-5-9(2)10(3)7-6-8-11-4/h6-7,9-11H,5,8H2,1-4H3/b7-6-. The Morgan fingerprint density at radius 1 is 1.36 bits per heavy atom. The van der Waals surface area contributed by atoms with Gasteiger partial charge in [-0.25, -0.2) is 0 Å². The maximum Gasteiger partial charge on any atom is 0.0131 e. The van der Waals surface area contributed by atoms with Gasteiger partial charge in [-0.3, -0.25) is 0 Å². The zero-order valence-corrected chi connectivity index (χ0v) is 8.22. The molecule has 2 atom stereocenters. The minimum Gasteiger partial charge on any atom is -0.316 e. The molecule has 0 aromatic rings. The Morgan fingerprint density at radius 3 is 2.45 bits per heavy atom. The van der Waals surface area contributed by atoms with E-state index in [9.17, 15) is 0 Å². The fourth-order valence-electron chi connectivity index (χ4n) is 0.962. The van der Waals surface area contributed by atoms with Gasteiger partial charge in [0.05, 0.1) is 0 Å². The Morgan fingerprint density at radius 2 is 2.00 bits per heavy atom. The zero-order chi connectivity index (χ0) is 8.69. The smallest absolute Gasteiger partial charge is 0.0131 e. The largest absolute Gasteiger partial charge is 0.316 e. The third-order valence-electron chi connectivity index (χ3n) is 2.30. The molecule has 1 N–H and O–H groups in total. The van der Waals surface area contributed by atoms with E-state index in [1.54, 1.807) is 0 Å². The van der Waals surface area contributed by atoms with Crippen molar-refractivity contribution >= 4 is 0 Å². The summed E-state index contributed by atoms with van der Waals surface area (Å²) < 4.78 is 0. The third kappa shape index (κ3) is 5.02. The Bertz CT molecular complexity index is 107. The van der Waals surface area contributed by atoms with Gasteiger partial charge in [-0.05, 0) is 18.9 Å². The lowest BCUT2D eigenvalue weighted by Crippen LogP contribution is -2.07. The summed E-state index contributed by atoms with van der Waals surface area (Å²) in [7, 11) is 1.97. The molecule has 0 radical (unpaired) electrons. The van der Waals surface area contributed by atoms with Crippen LogP contribution >= 0.6 is 0 Å². The van der Waals surface area contributed by atoms with Crippen molar-refractivity contribution in [3.05, 3.63) is 12.2 Å². The Kier molecular flexibility index (Phi) is 6.24. The van der Waals surface area contributed by atoms with Gasteiger partial charge in [-0.2, -0.15) is 0 Å². The van der Waals surface area contributed by atoms with Crippen LogP contribution in [0.25, 0.3) is 0 Å². The molecule has 0 heterocycles. The number of hydrogen-bond acceptors (Lipinski definition) is 1. The van der Waals surface area contributed by atoms with Gasteiger partial charge in [0.15, 0.2) is 0 Å². The van der Waals surface area contributed by atoms with Crippen molar-refractivity contribution in [3.8, 4) is 0 Å². The van der Waals surface area contributed by atoms with Crippen LogP contribution in [0.3, 0.4) is 0 Å². The van der Waals surface area contributed by atoms with Crippen molar-refractivity contribution in [1.82, 2.24) is 5.32 Å². The molecular formula is C10H21N. The Balaban J connectivity index is 3.57. The zero-order valence-electron chi connectivity index (χ0n) is 8.22. The van der Waals surface area contributed by atoms with Gasteiger partial charge in [-0.1, -0.05) is 39.3 Å². The highest BCUT2D eigenvalue weighted by Gasteiger charge is 2.04. The predicted molar refractivity (Wildman–Crippen MR) is 51.7 cm³/mol. The summed E-state index contributed by atoms with van der Waals surface area (Å²) in [6, 6.07) is 0. The Labute approximate surface area is 70.9 Å². The van der Waals surface area contributed by atoms with Gasteiger partial charge in [0.2, 0.25) is 0 Å². The molecule has 1 nitrogen and oxygen atoms in total. The molecule has 0 bridgehead atoms. The molecule has 0 fully saturated rings. The second-order valence-corrected chi connectivity index (χ2v) is 3.23. The van der Waals surface area contributed by atoms with Crippen LogP contribution in [0, 0.1) is 11.8 Å². The lowest BCUT2D eigenvalue weighted by molar-refractivity contribution is 0.445. The highest BCUT2D eigenvalue weighted by Crippen LogP contribution is 2.14. The topological polar surface area (TPSA) is 12.0 Å². The second-order valence-electron chi connectivity index (χ2n) is 3.23. The van der Waals surface area contributed by atoms with E-state index in [-0.39, 0.29) is 0 Å². The summed E-state index contributed by atoms with van der Waals surface area (Å²) in [4.78, 5) is 0. The summed E-state index contributed by atoms with van der Waals surface area (Å²) >= 11 is 0. The van der Waals surface area contributed by atoms with Crippen molar-refractivity contribution in [2.24, 2.45) is 11.8 Å². The van der Waals surface area contributed by atoms with Gasteiger partial charge in [0.1, 0.15) is 0 Å². The molecule has 2 unspecified atom stereocenters. The van der Waals surface area contributed by atoms with E-state index in [1.165, 1.54) is 6.42 Å². The van der Waals surface area contributed by atoms with E-state index in [0.29, 0.717) is 5.92 Å². The molecule has 1 heteroatoms. The second kappa shape index (κ2) is 6.41. The maximum atomic E-state index is 3.09. The number of nitrogens with one attached hydrogen (secondary N) is 1. The lowest BCUT2D eigenvalue weighted by Gasteiger charge is -2.13. The quantitative estimate of drug-likeness (QED) is 0.601. The van der Waals surface area contributed by atoms with Gasteiger partial charge in [0, 0.05) is 6.54 Å². The first-order valence-electron chi connectivity index (χ1n) is 4.53. The highest BCUT2D eigenvalue weighted by atomic mass is 14.8. The summed E-state index contributed by atoms with van der Waals surface area (Å²) in [5, 5.41) is 3.09. The fraction of sp³-hybridized carbons (Fsp3) is 0.800. The van der Waals surface area contributed by atoms with Crippen molar-refractivity contribution in [2.75, 3.05) is 13.6 Å². The number of rotatable bonds is 5. The highest BCUT2D eigenvalue weighted by molar-refractivity contribution is 4.89. The first kappa shape index (κ1) is 10.7. The molecule has 0 saturated carbocycles. The van der Waals surface area contributed by atoms with Crippen LogP contribution < -0.4 is 5.32 Å². The average Bonchev–Trinajstić information content (AvgIpc) is 2.03. The number of hydrogen-bond donors (Lipinski definition) is 1. The molecular weight excluding hydrogens is 134 g/mol. The average molecular weight is 155 g/mol. The molecule has 0 aliphatic carbocycles. The SMILES string of the molecule is CCC(C)C(C)/C=C\CNC. The van der Waals surface area contributed by atoms with E-state index in [2.05, 4.69) is 38.2 Å². The minimum atomic E-state index is 0.716. The first-order valence-corrected chi connectivity index (χ1v) is 4.53. The van der Waals surface area contributed by atoms with Crippen LogP contribution in [0.15, 0.2) is 12.2 Å². The summed E-state index contributed by atoms with van der Waals surface area (Å²) in [5.41, 5.74) is 0. The van der Waals surface area contributed by atoms with E-state index in [1.807, 2.05) is 7.05 Å². The van der Waals surface area contributed by atoms with Gasteiger partial charge in [0.25, 0.3) is 0 Å². The molecule has 0 aliphatic heterocycles. The van der Waals surface area contributed by atoms with E-state index in [0.717, 1.165) is 12.5 Å². The number of likely N-dealkylation sites (N-methyl/N-ethyl adjacent to an activating group) is 1. The molecule has 0 spiro atoms. The summed E-state index contributed by atoms with van der Waals surface area (Å²) in [6.07, 6.45) is 5.77. The van der Waals surface area contributed by atoms with Crippen LogP contribution in [-0.2, 0) is 0 Å².